The zero-order chi connectivity index (χ0) is 14.4. The summed E-state index contributed by atoms with van der Waals surface area (Å²) in [6.45, 7) is 3.87. The average molecular weight is 271 g/mol. The van der Waals surface area contributed by atoms with Gasteiger partial charge in [-0.15, -0.1) is 0 Å². The maximum Gasteiger partial charge on any atom is 0.317 e. The third-order valence-electron chi connectivity index (χ3n) is 3.21. The number of hydrogen-bond donors (Lipinski definition) is 1. The molecule has 0 saturated carbocycles. The molecule has 1 aliphatic heterocycles. The second-order valence-electron chi connectivity index (χ2n) is 4.78. The van der Waals surface area contributed by atoms with E-state index in [4.69, 9.17) is 5.11 Å². The van der Waals surface area contributed by atoms with Crippen molar-refractivity contribution in [1.29, 1.82) is 0 Å². The number of carbonyl (C=O) groups is 3. The van der Waals surface area contributed by atoms with E-state index in [9.17, 15) is 14.4 Å². The van der Waals surface area contributed by atoms with E-state index in [-0.39, 0.29) is 24.9 Å². The number of carboxylic acid groups (broad SMARTS) is 1. The molecule has 1 aliphatic rings. The summed E-state index contributed by atoms with van der Waals surface area (Å²) in [5, 5.41) is 8.75. The third kappa shape index (κ3) is 5.25. The van der Waals surface area contributed by atoms with Crippen LogP contribution in [-0.2, 0) is 14.4 Å². The second-order valence-corrected chi connectivity index (χ2v) is 4.78. The van der Waals surface area contributed by atoms with E-state index in [1.54, 1.807) is 11.9 Å². The van der Waals surface area contributed by atoms with Crippen molar-refractivity contribution in [3.05, 3.63) is 0 Å². The van der Waals surface area contributed by atoms with Gasteiger partial charge in [0.05, 0.1) is 13.1 Å². The standard InChI is InChI=1S/C12H21N3O4/c1-10(16)13(2)8-11(17)15-5-3-4-14(6-7-15)9-12(18)19/h3-9H2,1-2H3,(H,18,19). The fraction of sp³-hybridized carbons (Fsp3) is 0.750. The minimum Gasteiger partial charge on any atom is -0.480 e. The number of carboxylic acids is 1. The van der Waals surface area contributed by atoms with Crippen LogP contribution in [0.5, 0.6) is 0 Å². The maximum absolute atomic E-state index is 12.0. The molecule has 1 N–H and O–H groups in total. The van der Waals surface area contributed by atoms with Gasteiger partial charge in [0, 0.05) is 40.2 Å². The molecule has 0 aromatic heterocycles. The summed E-state index contributed by atoms with van der Waals surface area (Å²) in [5.74, 6) is -1.08. The molecule has 19 heavy (non-hydrogen) atoms. The molecular formula is C12H21N3O4. The first kappa shape index (κ1) is 15.4. The van der Waals surface area contributed by atoms with Gasteiger partial charge in [0.25, 0.3) is 0 Å². The van der Waals surface area contributed by atoms with E-state index in [0.717, 1.165) is 6.42 Å². The number of likely N-dealkylation sites (N-methyl/N-ethyl adjacent to an activating group) is 1. The van der Waals surface area contributed by atoms with Crippen LogP contribution in [0.15, 0.2) is 0 Å². The first-order valence-electron chi connectivity index (χ1n) is 6.33. The fourth-order valence-corrected chi connectivity index (χ4v) is 1.98. The molecule has 1 fully saturated rings. The van der Waals surface area contributed by atoms with Crippen LogP contribution in [-0.4, -0.2) is 83.9 Å². The van der Waals surface area contributed by atoms with Crippen LogP contribution in [0.1, 0.15) is 13.3 Å². The lowest BCUT2D eigenvalue weighted by molar-refractivity contribution is -0.138. The van der Waals surface area contributed by atoms with Gasteiger partial charge in [0.1, 0.15) is 0 Å². The molecular weight excluding hydrogens is 250 g/mol. The monoisotopic (exact) mass is 271 g/mol. The largest absolute Gasteiger partial charge is 0.480 e. The quantitative estimate of drug-likeness (QED) is 0.715. The van der Waals surface area contributed by atoms with Crippen LogP contribution < -0.4 is 0 Å². The Bertz CT molecular complexity index is 359. The number of amides is 2. The van der Waals surface area contributed by atoms with E-state index in [2.05, 4.69) is 0 Å². The lowest BCUT2D eigenvalue weighted by Gasteiger charge is -2.23. The number of hydrogen-bond acceptors (Lipinski definition) is 4. The Morgan fingerprint density at radius 3 is 2.42 bits per heavy atom. The lowest BCUT2D eigenvalue weighted by Crippen LogP contribution is -2.42. The van der Waals surface area contributed by atoms with E-state index >= 15 is 0 Å². The van der Waals surface area contributed by atoms with E-state index in [0.29, 0.717) is 26.2 Å². The highest BCUT2D eigenvalue weighted by Gasteiger charge is 2.21. The Balaban J connectivity index is 2.45. The van der Waals surface area contributed by atoms with Gasteiger partial charge < -0.3 is 14.9 Å². The van der Waals surface area contributed by atoms with Crippen LogP contribution in [0.3, 0.4) is 0 Å². The van der Waals surface area contributed by atoms with Crippen LogP contribution in [0.2, 0.25) is 0 Å². The summed E-state index contributed by atoms with van der Waals surface area (Å²) in [5.41, 5.74) is 0. The Labute approximate surface area is 112 Å². The van der Waals surface area contributed by atoms with Gasteiger partial charge in [-0.3, -0.25) is 19.3 Å². The predicted molar refractivity (Wildman–Crippen MR) is 68.6 cm³/mol. The minimum absolute atomic E-state index is 0.00930. The minimum atomic E-state index is -0.851. The van der Waals surface area contributed by atoms with Crippen molar-refractivity contribution in [1.82, 2.24) is 14.7 Å². The van der Waals surface area contributed by atoms with Gasteiger partial charge in [-0.05, 0) is 6.42 Å². The van der Waals surface area contributed by atoms with E-state index in [1.807, 2.05) is 4.90 Å². The van der Waals surface area contributed by atoms with Gasteiger partial charge in [0.15, 0.2) is 0 Å². The molecule has 0 radical (unpaired) electrons. The molecule has 0 unspecified atom stereocenters. The number of aliphatic carboxylic acids is 1. The molecule has 0 atom stereocenters. The molecule has 0 spiro atoms. The summed E-state index contributed by atoms with van der Waals surface area (Å²) in [6.07, 6.45) is 0.753. The van der Waals surface area contributed by atoms with Crippen molar-refractivity contribution < 1.29 is 19.5 Å². The van der Waals surface area contributed by atoms with Gasteiger partial charge >= 0.3 is 5.97 Å². The van der Waals surface area contributed by atoms with E-state index in [1.165, 1.54) is 11.8 Å². The van der Waals surface area contributed by atoms with Gasteiger partial charge in [-0.1, -0.05) is 0 Å². The van der Waals surface area contributed by atoms with Crippen molar-refractivity contribution >= 4 is 17.8 Å². The first-order valence-corrected chi connectivity index (χ1v) is 6.33. The number of carbonyl (C=O) groups excluding carboxylic acids is 2. The summed E-state index contributed by atoms with van der Waals surface area (Å²) in [6, 6.07) is 0. The number of rotatable bonds is 4. The maximum atomic E-state index is 12.0. The Morgan fingerprint density at radius 1 is 1.16 bits per heavy atom. The molecule has 0 aliphatic carbocycles. The Hall–Kier alpha value is -1.63. The summed E-state index contributed by atoms with van der Waals surface area (Å²) in [7, 11) is 1.59. The highest BCUT2D eigenvalue weighted by Crippen LogP contribution is 2.04. The Kier molecular flexibility index (Phi) is 5.75. The SMILES string of the molecule is CC(=O)N(C)CC(=O)N1CCCN(CC(=O)O)CC1. The zero-order valence-electron chi connectivity index (χ0n) is 11.5. The molecule has 1 heterocycles. The van der Waals surface area contributed by atoms with Crippen molar-refractivity contribution in [2.45, 2.75) is 13.3 Å². The molecule has 7 heteroatoms. The van der Waals surface area contributed by atoms with Gasteiger partial charge in [0.2, 0.25) is 11.8 Å². The van der Waals surface area contributed by atoms with Crippen LogP contribution >= 0.6 is 0 Å². The summed E-state index contributed by atoms with van der Waals surface area (Å²) < 4.78 is 0. The molecule has 2 amide bonds. The van der Waals surface area contributed by atoms with Crippen molar-refractivity contribution in [3.63, 3.8) is 0 Å². The average Bonchev–Trinajstić information content (AvgIpc) is 2.53. The van der Waals surface area contributed by atoms with Gasteiger partial charge in [-0.2, -0.15) is 0 Å². The normalized spacial score (nSPS) is 16.8. The number of nitrogens with zero attached hydrogens (tertiary/aromatic N) is 3. The van der Waals surface area contributed by atoms with Gasteiger partial charge in [-0.25, -0.2) is 0 Å². The molecule has 0 aromatic carbocycles. The van der Waals surface area contributed by atoms with Crippen LogP contribution in [0.4, 0.5) is 0 Å². The third-order valence-corrected chi connectivity index (χ3v) is 3.21. The van der Waals surface area contributed by atoms with Crippen LogP contribution in [0.25, 0.3) is 0 Å². The zero-order valence-corrected chi connectivity index (χ0v) is 11.5. The van der Waals surface area contributed by atoms with Crippen LogP contribution in [0, 0.1) is 0 Å². The summed E-state index contributed by atoms with van der Waals surface area (Å²) >= 11 is 0. The molecule has 108 valence electrons. The molecule has 1 saturated heterocycles. The molecule has 0 aromatic rings. The Morgan fingerprint density at radius 2 is 1.84 bits per heavy atom. The topological polar surface area (TPSA) is 81.2 Å². The summed E-state index contributed by atoms with van der Waals surface area (Å²) in [4.78, 5) is 38.6. The van der Waals surface area contributed by atoms with Crippen molar-refractivity contribution in [2.24, 2.45) is 0 Å². The molecule has 0 bridgehead atoms. The van der Waals surface area contributed by atoms with Crippen molar-refractivity contribution in [2.75, 3.05) is 46.3 Å². The van der Waals surface area contributed by atoms with Crippen molar-refractivity contribution in [3.8, 4) is 0 Å². The first-order chi connectivity index (χ1) is 8.90. The highest BCUT2D eigenvalue weighted by molar-refractivity contribution is 5.83. The predicted octanol–water partition coefficient (Wildman–Crippen LogP) is -0.916. The second kappa shape index (κ2) is 7.08. The highest BCUT2D eigenvalue weighted by atomic mass is 16.4. The molecule has 1 rings (SSSR count). The lowest BCUT2D eigenvalue weighted by atomic mass is 10.3. The molecule has 7 nitrogen and oxygen atoms in total. The fourth-order valence-electron chi connectivity index (χ4n) is 1.98. The smallest absolute Gasteiger partial charge is 0.317 e. The van der Waals surface area contributed by atoms with E-state index < -0.39 is 5.97 Å².